The number of aliphatic hydroxyl groups excluding tert-OH is 2. The van der Waals surface area contributed by atoms with Gasteiger partial charge in [-0.05, 0) is 38.4 Å². The highest BCUT2D eigenvalue weighted by Crippen LogP contribution is 2.22. The Morgan fingerprint density at radius 2 is 2.05 bits per heavy atom. The van der Waals surface area contributed by atoms with E-state index in [1.165, 1.54) is 0 Å². The van der Waals surface area contributed by atoms with Crippen molar-refractivity contribution in [2.24, 2.45) is 0 Å². The number of nitrogens with one attached hydrogen (secondary N) is 1. The number of ether oxygens (including phenoxy) is 1. The number of benzene rings is 1. The third-order valence-electron chi connectivity index (χ3n) is 2.62. The molecule has 19 heavy (non-hydrogen) atoms. The number of hydrogen-bond acceptors (Lipinski definition) is 4. The molecule has 3 N–H and O–H groups in total. The number of halogens is 1. The third kappa shape index (κ3) is 7.38. The Balaban J connectivity index is 2.11. The van der Waals surface area contributed by atoms with Crippen LogP contribution in [0.2, 0.25) is 5.02 Å². The summed E-state index contributed by atoms with van der Waals surface area (Å²) in [6, 6.07) is 7.18. The van der Waals surface area contributed by atoms with Gasteiger partial charge in [0.15, 0.2) is 0 Å². The lowest BCUT2D eigenvalue weighted by molar-refractivity contribution is 0.106. The fourth-order valence-corrected chi connectivity index (χ4v) is 1.79. The molecule has 2 unspecified atom stereocenters. The van der Waals surface area contributed by atoms with Gasteiger partial charge in [-0.3, -0.25) is 0 Å². The molecule has 0 aliphatic carbocycles. The van der Waals surface area contributed by atoms with E-state index in [2.05, 4.69) is 5.32 Å². The Hall–Kier alpha value is -0.810. The van der Waals surface area contributed by atoms with Gasteiger partial charge >= 0.3 is 0 Å². The fourth-order valence-electron chi connectivity index (χ4n) is 1.60. The Kier molecular flexibility index (Phi) is 7.82. The molecule has 108 valence electrons. The van der Waals surface area contributed by atoms with Crippen LogP contribution in [-0.4, -0.2) is 42.1 Å². The molecular formula is C14H22ClNO3. The van der Waals surface area contributed by atoms with E-state index in [0.717, 1.165) is 19.4 Å². The number of aliphatic hydroxyl groups is 2. The minimum atomic E-state index is -0.581. The van der Waals surface area contributed by atoms with Crippen LogP contribution in [0.1, 0.15) is 19.8 Å². The standard InChI is InChI=1S/C14H22ClNO3/c1-11(17)5-4-8-16-9-12(18)10-19-14-7-3-2-6-13(14)15/h2-3,6-7,11-12,16-18H,4-5,8-10H2,1H3. The number of para-hydroxylation sites is 1. The highest BCUT2D eigenvalue weighted by atomic mass is 35.5. The van der Waals surface area contributed by atoms with Gasteiger partial charge in [0.1, 0.15) is 18.5 Å². The molecule has 1 aromatic carbocycles. The van der Waals surface area contributed by atoms with Gasteiger partial charge in [-0.15, -0.1) is 0 Å². The van der Waals surface area contributed by atoms with Crippen molar-refractivity contribution >= 4 is 11.6 Å². The molecular weight excluding hydrogens is 266 g/mol. The van der Waals surface area contributed by atoms with Gasteiger partial charge in [-0.1, -0.05) is 23.7 Å². The molecule has 2 atom stereocenters. The van der Waals surface area contributed by atoms with Crippen molar-refractivity contribution < 1.29 is 14.9 Å². The van der Waals surface area contributed by atoms with Crippen molar-refractivity contribution in [1.29, 1.82) is 0 Å². The minimum absolute atomic E-state index is 0.202. The van der Waals surface area contributed by atoms with Crippen LogP contribution in [0.4, 0.5) is 0 Å². The van der Waals surface area contributed by atoms with Crippen LogP contribution in [0.15, 0.2) is 24.3 Å². The molecule has 0 saturated carbocycles. The van der Waals surface area contributed by atoms with Gasteiger partial charge in [0.2, 0.25) is 0 Å². The molecule has 0 radical (unpaired) electrons. The van der Waals surface area contributed by atoms with Crippen molar-refractivity contribution in [3.63, 3.8) is 0 Å². The predicted molar refractivity (Wildman–Crippen MR) is 76.7 cm³/mol. The summed E-state index contributed by atoms with van der Waals surface area (Å²) < 4.78 is 5.43. The minimum Gasteiger partial charge on any atom is -0.489 e. The average Bonchev–Trinajstić information content (AvgIpc) is 2.37. The van der Waals surface area contributed by atoms with Crippen molar-refractivity contribution in [1.82, 2.24) is 5.32 Å². The summed E-state index contributed by atoms with van der Waals surface area (Å²) >= 11 is 5.94. The maximum Gasteiger partial charge on any atom is 0.138 e. The summed E-state index contributed by atoms with van der Waals surface area (Å²) in [5.74, 6) is 0.581. The van der Waals surface area contributed by atoms with E-state index in [-0.39, 0.29) is 12.7 Å². The average molecular weight is 288 g/mol. The Morgan fingerprint density at radius 3 is 2.74 bits per heavy atom. The molecule has 0 fully saturated rings. The second kappa shape index (κ2) is 9.15. The highest BCUT2D eigenvalue weighted by Gasteiger charge is 2.06. The number of hydrogen-bond donors (Lipinski definition) is 3. The van der Waals surface area contributed by atoms with Gasteiger partial charge in [0.05, 0.1) is 11.1 Å². The molecule has 0 spiro atoms. The van der Waals surface area contributed by atoms with E-state index in [0.29, 0.717) is 17.3 Å². The second-order valence-corrected chi connectivity index (χ2v) is 5.00. The zero-order chi connectivity index (χ0) is 14.1. The zero-order valence-electron chi connectivity index (χ0n) is 11.2. The van der Waals surface area contributed by atoms with Crippen LogP contribution in [0.5, 0.6) is 5.75 Å². The Morgan fingerprint density at radius 1 is 1.32 bits per heavy atom. The molecule has 4 nitrogen and oxygen atoms in total. The molecule has 1 rings (SSSR count). The van der Waals surface area contributed by atoms with Crippen molar-refractivity contribution in [3.8, 4) is 5.75 Å². The maximum atomic E-state index is 9.73. The first-order valence-electron chi connectivity index (χ1n) is 6.53. The monoisotopic (exact) mass is 287 g/mol. The first kappa shape index (κ1) is 16.2. The van der Waals surface area contributed by atoms with Crippen molar-refractivity contribution in [3.05, 3.63) is 29.3 Å². The zero-order valence-corrected chi connectivity index (χ0v) is 11.9. The van der Waals surface area contributed by atoms with Gasteiger partial charge < -0.3 is 20.3 Å². The number of rotatable bonds is 9. The molecule has 0 amide bonds. The first-order valence-corrected chi connectivity index (χ1v) is 6.91. The molecule has 0 aliphatic rings. The van der Waals surface area contributed by atoms with Crippen LogP contribution in [-0.2, 0) is 0 Å². The largest absolute Gasteiger partial charge is 0.489 e. The van der Waals surface area contributed by atoms with E-state index < -0.39 is 6.10 Å². The van der Waals surface area contributed by atoms with Gasteiger partial charge in [-0.2, -0.15) is 0 Å². The van der Waals surface area contributed by atoms with Crippen LogP contribution >= 0.6 is 11.6 Å². The van der Waals surface area contributed by atoms with Gasteiger partial charge in [0, 0.05) is 6.54 Å². The molecule has 1 aromatic rings. The van der Waals surface area contributed by atoms with Gasteiger partial charge in [0.25, 0.3) is 0 Å². The SMILES string of the molecule is CC(O)CCCNCC(O)COc1ccccc1Cl. The van der Waals surface area contributed by atoms with Crippen LogP contribution in [0.25, 0.3) is 0 Å². The Bertz CT molecular complexity index is 360. The third-order valence-corrected chi connectivity index (χ3v) is 2.94. The van der Waals surface area contributed by atoms with E-state index in [9.17, 15) is 5.11 Å². The normalized spacial score (nSPS) is 14.1. The first-order chi connectivity index (χ1) is 9.09. The lowest BCUT2D eigenvalue weighted by atomic mass is 10.2. The molecule has 0 aromatic heterocycles. The smallest absolute Gasteiger partial charge is 0.138 e. The van der Waals surface area contributed by atoms with Crippen molar-refractivity contribution in [2.45, 2.75) is 32.0 Å². The fraction of sp³-hybridized carbons (Fsp3) is 0.571. The highest BCUT2D eigenvalue weighted by molar-refractivity contribution is 6.32. The molecule has 5 heteroatoms. The summed E-state index contributed by atoms with van der Waals surface area (Å²) in [7, 11) is 0. The lowest BCUT2D eigenvalue weighted by Gasteiger charge is -2.14. The van der Waals surface area contributed by atoms with Crippen LogP contribution in [0.3, 0.4) is 0 Å². The van der Waals surface area contributed by atoms with Gasteiger partial charge in [-0.25, -0.2) is 0 Å². The van der Waals surface area contributed by atoms with Crippen LogP contribution in [0, 0.1) is 0 Å². The molecule has 0 saturated heterocycles. The van der Waals surface area contributed by atoms with E-state index in [1.54, 1.807) is 19.1 Å². The predicted octanol–water partition coefficient (Wildman–Crippen LogP) is 1.83. The second-order valence-electron chi connectivity index (χ2n) is 4.59. The Labute approximate surface area is 119 Å². The van der Waals surface area contributed by atoms with Crippen LogP contribution < -0.4 is 10.1 Å². The molecule has 0 heterocycles. The van der Waals surface area contributed by atoms with E-state index in [1.807, 2.05) is 12.1 Å². The summed E-state index contributed by atoms with van der Waals surface area (Å²) in [6.07, 6.45) is 0.799. The summed E-state index contributed by atoms with van der Waals surface area (Å²) in [5.41, 5.74) is 0. The van der Waals surface area contributed by atoms with Crippen molar-refractivity contribution in [2.75, 3.05) is 19.7 Å². The lowest BCUT2D eigenvalue weighted by Crippen LogP contribution is -2.32. The maximum absolute atomic E-state index is 9.73. The molecule has 0 aliphatic heterocycles. The van der Waals surface area contributed by atoms with E-state index in [4.69, 9.17) is 21.4 Å². The summed E-state index contributed by atoms with van der Waals surface area (Å²) in [6.45, 7) is 3.21. The quantitative estimate of drug-likeness (QED) is 0.607. The molecule has 0 bridgehead atoms. The van der Waals surface area contributed by atoms with E-state index >= 15 is 0 Å². The summed E-state index contributed by atoms with van der Waals surface area (Å²) in [5, 5.41) is 22.5. The topological polar surface area (TPSA) is 61.7 Å². The summed E-state index contributed by atoms with van der Waals surface area (Å²) in [4.78, 5) is 0.